The van der Waals surface area contributed by atoms with Gasteiger partial charge in [-0.15, -0.1) is 0 Å². The summed E-state index contributed by atoms with van der Waals surface area (Å²) in [6, 6.07) is 7.21. The second kappa shape index (κ2) is 6.87. The summed E-state index contributed by atoms with van der Waals surface area (Å²) in [5.74, 6) is 0. The topological polar surface area (TPSA) is 58.6 Å². The molecule has 0 aromatic heterocycles. The summed E-state index contributed by atoms with van der Waals surface area (Å²) in [4.78, 5) is 2.62. The Balaban J connectivity index is 1.89. The maximum atomic E-state index is 11.4. The fraction of sp³-hybridized carbons (Fsp3) is 0.600. The van der Waals surface area contributed by atoms with Gasteiger partial charge >= 0.3 is 0 Å². The van der Waals surface area contributed by atoms with Crippen molar-refractivity contribution in [1.82, 2.24) is 10.2 Å². The Morgan fingerprint density at radius 2 is 2.05 bits per heavy atom. The zero-order valence-electron chi connectivity index (χ0n) is 12.9. The molecule has 1 N–H and O–H groups in total. The monoisotopic (exact) mass is 312 g/mol. The first kappa shape index (κ1) is 16.4. The largest absolute Gasteiger partial charge is 0.374 e. The molecule has 0 bridgehead atoms. The van der Waals surface area contributed by atoms with E-state index in [1.54, 1.807) is 12.1 Å². The fourth-order valence-corrected chi connectivity index (χ4v) is 3.05. The number of likely N-dealkylation sites (N-methyl/N-ethyl adjacent to an activating group) is 1. The molecule has 0 aliphatic carbocycles. The molecule has 1 aliphatic rings. The lowest BCUT2D eigenvalue weighted by atomic mass is 10.1. The minimum Gasteiger partial charge on any atom is -0.374 e. The Bertz CT molecular complexity index is 557. The highest BCUT2D eigenvalue weighted by Crippen LogP contribution is 2.16. The van der Waals surface area contributed by atoms with Crippen LogP contribution < -0.4 is 5.32 Å². The van der Waals surface area contributed by atoms with Gasteiger partial charge in [0.1, 0.15) is 0 Å². The smallest absolute Gasteiger partial charge is 0.175 e. The number of hydrogen-bond acceptors (Lipinski definition) is 5. The summed E-state index contributed by atoms with van der Waals surface area (Å²) >= 11 is 0. The summed E-state index contributed by atoms with van der Waals surface area (Å²) in [5, 5.41) is 3.45. The average molecular weight is 312 g/mol. The number of morpholine rings is 1. The van der Waals surface area contributed by atoms with Gasteiger partial charge < -0.3 is 15.0 Å². The van der Waals surface area contributed by atoms with E-state index in [4.69, 9.17) is 4.74 Å². The van der Waals surface area contributed by atoms with Crippen LogP contribution in [0.4, 0.5) is 0 Å². The Hall–Kier alpha value is -0.950. The molecule has 1 aromatic carbocycles. The fourth-order valence-electron chi connectivity index (χ4n) is 2.42. The summed E-state index contributed by atoms with van der Waals surface area (Å²) in [6.45, 7) is 5.56. The van der Waals surface area contributed by atoms with Crippen LogP contribution in [-0.4, -0.2) is 59.0 Å². The average Bonchev–Trinajstić information content (AvgIpc) is 2.44. The second-order valence-electron chi connectivity index (χ2n) is 5.73. The van der Waals surface area contributed by atoms with Crippen molar-refractivity contribution in [3.05, 3.63) is 29.8 Å². The van der Waals surface area contributed by atoms with Crippen molar-refractivity contribution in [2.45, 2.75) is 24.0 Å². The van der Waals surface area contributed by atoms with Crippen LogP contribution in [0.5, 0.6) is 0 Å². The van der Waals surface area contributed by atoms with Crippen LogP contribution in [-0.2, 0) is 14.6 Å². The molecule has 1 heterocycles. The number of nitrogens with zero attached hydrogens (tertiary/aromatic N) is 1. The van der Waals surface area contributed by atoms with Crippen LogP contribution >= 0.6 is 0 Å². The number of rotatable bonds is 5. The molecule has 0 amide bonds. The van der Waals surface area contributed by atoms with Crippen molar-refractivity contribution in [1.29, 1.82) is 0 Å². The lowest BCUT2D eigenvalue weighted by molar-refractivity contribution is -0.0190. The summed E-state index contributed by atoms with van der Waals surface area (Å²) < 4.78 is 28.6. The van der Waals surface area contributed by atoms with Gasteiger partial charge in [0.05, 0.1) is 17.6 Å². The third-order valence-electron chi connectivity index (χ3n) is 3.80. The molecule has 5 nitrogen and oxygen atoms in total. The first-order valence-electron chi connectivity index (χ1n) is 7.20. The predicted octanol–water partition coefficient (Wildman–Crippen LogP) is 1.07. The van der Waals surface area contributed by atoms with Gasteiger partial charge in [-0.25, -0.2) is 8.42 Å². The van der Waals surface area contributed by atoms with Crippen molar-refractivity contribution in [3.63, 3.8) is 0 Å². The summed E-state index contributed by atoms with van der Waals surface area (Å²) in [5.41, 5.74) is 1.08. The predicted molar refractivity (Wildman–Crippen MR) is 83.2 cm³/mol. The van der Waals surface area contributed by atoms with Crippen LogP contribution in [0.2, 0.25) is 0 Å². The molecule has 2 rings (SSSR count). The third-order valence-corrected chi connectivity index (χ3v) is 4.93. The normalized spacial score (nSPS) is 22.1. The van der Waals surface area contributed by atoms with E-state index in [2.05, 4.69) is 24.2 Å². The quantitative estimate of drug-likeness (QED) is 0.881. The molecule has 1 aliphatic heterocycles. The maximum absolute atomic E-state index is 11.4. The van der Waals surface area contributed by atoms with Crippen molar-refractivity contribution in [2.24, 2.45) is 0 Å². The first-order valence-corrected chi connectivity index (χ1v) is 9.09. The first-order chi connectivity index (χ1) is 9.86. The molecule has 0 radical (unpaired) electrons. The second-order valence-corrected chi connectivity index (χ2v) is 7.74. The van der Waals surface area contributed by atoms with Crippen molar-refractivity contribution < 1.29 is 13.2 Å². The van der Waals surface area contributed by atoms with Gasteiger partial charge in [0.2, 0.25) is 0 Å². The summed E-state index contributed by atoms with van der Waals surface area (Å²) in [7, 11) is -1.03. The zero-order chi connectivity index (χ0) is 15.5. The van der Waals surface area contributed by atoms with Crippen molar-refractivity contribution >= 4 is 9.84 Å². The molecule has 1 fully saturated rings. The van der Waals surface area contributed by atoms with E-state index in [0.29, 0.717) is 4.90 Å². The molecule has 2 unspecified atom stereocenters. The number of benzene rings is 1. The van der Waals surface area contributed by atoms with E-state index in [1.165, 1.54) is 6.26 Å². The van der Waals surface area contributed by atoms with Crippen LogP contribution in [0, 0.1) is 0 Å². The van der Waals surface area contributed by atoms with E-state index in [0.717, 1.165) is 31.8 Å². The van der Waals surface area contributed by atoms with E-state index in [9.17, 15) is 8.42 Å². The molecule has 1 aromatic rings. The van der Waals surface area contributed by atoms with Gasteiger partial charge in [-0.05, 0) is 31.7 Å². The number of ether oxygens (including phenoxy) is 1. The number of sulfone groups is 1. The molecule has 6 heteroatoms. The van der Waals surface area contributed by atoms with E-state index >= 15 is 0 Å². The molecule has 1 saturated heterocycles. The third kappa shape index (κ3) is 4.78. The Kier molecular flexibility index (Phi) is 5.37. The lowest BCUT2D eigenvalue weighted by Gasteiger charge is -2.31. The maximum Gasteiger partial charge on any atom is 0.175 e. The SMILES string of the molecule is CC(NCC1CN(C)CCO1)c1ccc(S(C)(=O)=O)cc1. The Morgan fingerprint density at radius 3 is 2.62 bits per heavy atom. The molecule has 0 saturated carbocycles. The minimum absolute atomic E-state index is 0.162. The zero-order valence-corrected chi connectivity index (χ0v) is 13.7. The molecule has 2 atom stereocenters. The highest BCUT2D eigenvalue weighted by molar-refractivity contribution is 7.90. The molecular weight excluding hydrogens is 288 g/mol. The van der Waals surface area contributed by atoms with Crippen molar-refractivity contribution in [2.75, 3.05) is 39.5 Å². The van der Waals surface area contributed by atoms with Gasteiger partial charge in [-0.3, -0.25) is 0 Å². The highest BCUT2D eigenvalue weighted by atomic mass is 32.2. The lowest BCUT2D eigenvalue weighted by Crippen LogP contribution is -2.45. The Labute approximate surface area is 127 Å². The molecule has 0 spiro atoms. The van der Waals surface area contributed by atoms with Gasteiger partial charge in [0, 0.05) is 31.9 Å². The standard InChI is InChI=1S/C15H24N2O3S/c1-12(16-10-14-11-17(2)8-9-20-14)13-4-6-15(7-5-13)21(3,18)19/h4-7,12,14,16H,8-11H2,1-3H3. The Morgan fingerprint density at radius 1 is 1.38 bits per heavy atom. The minimum atomic E-state index is -3.13. The van der Waals surface area contributed by atoms with Crippen LogP contribution in [0.25, 0.3) is 0 Å². The van der Waals surface area contributed by atoms with Crippen LogP contribution in [0.15, 0.2) is 29.2 Å². The van der Waals surface area contributed by atoms with Crippen LogP contribution in [0.3, 0.4) is 0 Å². The van der Waals surface area contributed by atoms with Gasteiger partial charge in [0.25, 0.3) is 0 Å². The van der Waals surface area contributed by atoms with E-state index in [-0.39, 0.29) is 12.1 Å². The van der Waals surface area contributed by atoms with E-state index in [1.807, 2.05) is 12.1 Å². The number of nitrogens with one attached hydrogen (secondary N) is 1. The van der Waals surface area contributed by atoms with E-state index < -0.39 is 9.84 Å². The molecular formula is C15H24N2O3S. The van der Waals surface area contributed by atoms with Crippen molar-refractivity contribution in [3.8, 4) is 0 Å². The van der Waals surface area contributed by atoms with Gasteiger partial charge in [-0.2, -0.15) is 0 Å². The number of hydrogen-bond donors (Lipinski definition) is 1. The summed E-state index contributed by atoms with van der Waals surface area (Å²) in [6.07, 6.45) is 1.43. The van der Waals surface area contributed by atoms with Gasteiger partial charge in [0.15, 0.2) is 9.84 Å². The van der Waals surface area contributed by atoms with Gasteiger partial charge in [-0.1, -0.05) is 12.1 Å². The van der Waals surface area contributed by atoms with Crippen LogP contribution in [0.1, 0.15) is 18.5 Å². The highest BCUT2D eigenvalue weighted by Gasteiger charge is 2.18. The molecule has 118 valence electrons. The molecule has 21 heavy (non-hydrogen) atoms.